The molecule has 0 saturated heterocycles. The topological polar surface area (TPSA) is 43.6 Å². The zero-order chi connectivity index (χ0) is 21.8. The third-order valence-electron chi connectivity index (χ3n) is 6.34. The van der Waals surface area contributed by atoms with Gasteiger partial charge in [0.05, 0.1) is 11.0 Å². The van der Waals surface area contributed by atoms with Gasteiger partial charge in [-0.15, -0.1) is 0 Å². The quantitative estimate of drug-likeness (QED) is 0.283. The lowest BCUT2D eigenvalue weighted by molar-refractivity contribution is 1.11. The Kier molecular flexibility index (Phi) is 3.81. The standard InChI is InChI=1S/C29H18N4/c1-2-7-20(8-3-1)29-32-27-23-12-14-30-17-25(23)26-18-31-15-13-24(26)28(27)33(29)22-11-10-19-6-4-5-9-21(19)16-22/h1-18H. The molecule has 3 aromatic heterocycles. The minimum atomic E-state index is 0.920. The van der Waals surface area contributed by atoms with E-state index >= 15 is 0 Å². The van der Waals surface area contributed by atoms with Crippen molar-refractivity contribution in [1.82, 2.24) is 19.5 Å². The first-order chi connectivity index (χ1) is 16.4. The van der Waals surface area contributed by atoms with Crippen LogP contribution in [-0.4, -0.2) is 19.5 Å². The summed E-state index contributed by atoms with van der Waals surface area (Å²) in [7, 11) is 0. The third kappa shape index (κ3) is 2.68. The molecule has 0 N–H and O–H groups in total. The van der Waals surface area contributed by atoms with Crippen LogP contribution in [-0.2, 0) is 0 Å². The largest absolute Gasteiger partial charge is 0.292 e. The smallest absolute Gasteiger partial charge is 0.145 e. The molecule has 0 unspecified atom stereocenters. The van der Waals surface area contributed by atoms with E-state index in [1.807, 2.05) is 30.9 Å². The van der Waals surface area contributed by atoms with E-state index in [1.54, 1.807) is 0 Å². The highest BCUT2D eigenvalue weighted by molar-refractivity contribution is 6.23. The predicted octanol–water partition coefficient (Wildman–Crippen LogP) is 6.94. The summed E-state index contributed by atoms with van der Waals surface area (Å²) in [4.78, 5) is 14.0. The maximum absolute atomic E-state index is 5.23. The van der Waals surface area contributed by atoms with Crippen LogP contribution in [0.2, 0.25) is 0 Å². The number of nitrogens with zero attached hydrogens (tertiary/aromatic N) is 4. The van der Waals surface area contributed by atoms with Crippen molar-refractivity contribution in [1.29, 1.82) is 0 Å². The fourth-order valence-electron chi connectivity index (χ4n) is 4.84. The minimum absolute atomic E-state index is 0.920. The molecule has 0 amide bonds. The molecule has 0 saturated carbocycles. The van der Waals surface area contributed by atoms with Crippen molar-refractivity contribution >= 4 is 43.4 Å². The first-order valence-electron chi connectivity index (χ1n) is 10.9. The van der Waals surface area contributed by atoms with Crippen LogP contribution in [0.25, 0.3) is 60.4 Å². The highest BCUT2D eigenvalue weighted by Gasteiger charge is 2.20. The second kappa shape index (κ2) is 6.97. The molecule has 0 bridgehead atoms. The summed E-state index contributed by atoms with van der Waals surface area (Å²) >= 11 is 0. The SMILES string of the molecule is c1ccc(-c2nc3c4ccncc4c4cnccc4c3n2-c2ccc3ccccc3c2)cc1. The molecule has 7 rings (SSSR count). The lowest BCUT2D eigenvalue weighted by Gasteiger charge is -2.13. The van der Waals surface area contributed by atoms with Crippen LogP contribution in [0.1, 0.15) is 0 Å². The Morgan fingerprint density at radius 2 is 1.27 bits per heavy atom. The molecule has 4 nitrogen and oxygen atoms in total. The summed E-state index contributed by atoms with van der Waals surface area (Å²) in [5.74, 6) is 0.920. The van der Waals surface area contributed by atoms with Gasteiger partial charge in [0.25, 0.3) is 0 Å². The van der Waals surface area contributed by atoms with Crippen LogP contribution < -0.4 is 0 Å². The zero-order valence-electron chi connectivity index (χ0n) is 17.7. The van der Waals surface area contributed by atoms with Crippen molar-refractivity contribution in [2.75, 3.05) is 0 Å². The van der Waals surface area contributed by atoms with E-state index < -0.39 is 0 Å². The van der Waals surface area contributed by atoms with Gasteiger partial charge in [-0.2, -0.15) is 0 Å². The summed E-state index contributed by atoms with van der Waals surface area (Å²) in [6, 6.07) is 29.6. The summed E-state index contributed by atoms with van der Waals surface area (Å²) in [6.07, 6.45) is 7.53. The Morgan fingerprint density at radius 1 is 0.576 bits per heavy atom. The van der Waals surface area contributed by atoms with Crippen LogP contribution in [0.5, 0.6) is 0 Å². The molecule has 7 aromatic rings. The molecule has 0 aliphatic heterocycles. The normalized spacial score (nSPS) is 11.6. The minimum Gasteiger partial charge on any atom is -0.292 e. The van der Waals surface area contributed by atoms with E-state index in [9.17, 15) is 0 Å². The third-order valence-corrected chi connectivity index (χ3v) is 6.34. The molecular weight excluding hydrogens is 404 g/mol. The Labute approximate surface area is 189 Å². The molecule has 0 aliphatic rings. The fourth-order valence-corrected chi connectivity index (χ4v) is 4.84. The molecule has 0 spiro atoms. The van der Waals surface area contributed by atoms with Crippen molar-refractivity contribution in [3.05, 3.63) is 110 Å². The van der Waals surface area contributed by atoms with Gasteiger partial charge in [-0.25, -0.2) is 4.98 Å². The van der Waals surface area contributed by atoms with Crippen molar-refractivity contribution in [2.24, 2.45) is 0 Å². The summed E-state index contributed by atoms with van der Waals surface area (Å²) in [5, 5.41) is 6.76. The van der Waals surface area contributed by atoms with Gasteiger partial charge < -0.3 is 0 Å². The van der Waals surface area contributed by atoms with E-state index in [1.165, 1.54) is 10.8 Å². The van der Waals surface area contributed by atoms with Gasteiger partial charge in [0, 0.05) is 57.6 Å². The molecule has 4 heteroatoms. The van der Waals surface area contributed by atoms with Crippen molar-refractivity contribution in [3.8, 4) is 17.1 Å². The highest BCUT2D eigenvalue weighted by atomic mass is 15.1. The van der Waals surface area contributed by atoms with Gasteiger partial charge in [0.15, 0.2) is 0 Å². The molecule has 154 valence electrons. The number of pyridine rings is 2. The molecule has 0 aliphatic carbocycles. The number of hydrogen-bond acceptors (Lipinski definition) is 3. The zero-order valence-corrected chi connectivity index (χ0v) is 17.7. The van der Waals surface area contributed by atoms with E-state index in [0.29, 0.717) is 0 Å². The summed E-state index contributed by atoms with van der Waals surface area (Å²) in [6.45, 7) is 0. The van der Waals surface area contributed by atoms with Crippen LogP contribution in [0.4, 0.5) is 0 Å². The Bertz CT molecular complexity index is 1820. The maximum Gasteiger partial charge on any atom is 0.145 e. The number of hydrogen-bond donors (Lipinski definition) is 0. The van der Waals surface area contributed by atoms with Gasteiger partial charge in [-0.3, -0.25) is 14.5 Å². The van der Waals surface area contributed by atoms with E-state index in [4.69, 9.17) is 4.98 Å². The number of benzene rings is 4. The number of imidazole rings is 1. The Hall–Kier alpha value is -4.57. The first-order valence-corrected chi connectivity index (χ1v) is 10.9. The van der Waals surface area contributed by atoms with Crippen molar-refractivity contribution in [2.45, 2.75) is 0 Å². The van der Waals surface area contributed by atoms with E-state index in [-0.39, 0.29) is 0 Å². The molecule has 3 heterocycles. The summed E-state index contributed by atoms with van der Waals surface area (Å²) in [5.41, 5.74) is 4.21. The second-order valence-electron chi connectivity index (χ2n) is 8.21. The predicted molar refractivity (Wildman–Crippen MR) is 135 cm³/mol. The Balaban J connectivity index is 1.71. The number of rotatable bonds is 2. The average Bonchev–Trinajstić information content (AvgIpc) is 3.30. The van der Waals surface area contributed by atoms with Crippen LogP contribution in [0, 0.1) is 0 Å². The molecular formula is C29H18N4. The molecule has 4 aromatic carbocycles. The Morgan fingerprint density at radius 3 is 2.09 bits per heavy atom. The molecule has 0 fully saturated rings. The fraction of sp³-hybridized carbons (Fsp3) is 0. The highest BCUT2D eigenvalue weighted by Crippen LogP contribution is 2.38. The first kappa shape index (κ1) is 18.0. The van der Waals surface area contributed by atoms with Crippen LogP contribution in [0.15, 0.2) is 110 Å². The van der Waals surface area contributed by atoms with E-state index in [2.05, 4.69) is 93.4 Å². The molecule has 0 atom stereocenters. The maximum atomic E-state index is 5.23. The monoisotopic (exact) mass is 422 g/mol. The van der Waals surface area contributed by atoms with Gasteiger partial charge >= 0.3 is 0 Å². The van der Waals surface area contributed by atoms with Crippen molar-refractivity contribution < 1.29 is 0 Å². The number of fused-ring (bicyclic) bond motifs is 7. The van der Waals surface area contributed by atoms with Crippen LogP contribution >= 0.6 is 0 Å². The average molecular weight is 422 g/mol. The second-order valence-corrected chi connectivity index (χ2v) is 8.21. The lowest BCUT2D eigenvalue weighted by Crippen LogP contribution is -1.98. The summed E-state index contributed by atoms with van der Waals surface area (Å²) < 4.78 is 2.29. The van der Waals surface area contributed by atoms with Gasteiger partial charge in [0.1, 0.15) is 5.82 Å². The molecule has 0 radical (unpaired) electrons. The van der Waals surface area contributed by atoms with Crippen LogP contribution in [0.3, 0.4) is 0 Å². The molecule has 33 heavy (non-hydrogen) atoms. The van der Waals surface area contributed by atoms with Gasteiger partial charge in [0.2, 0.25) is 0 Å². The lowest BCUT2D eigenvalue weighted by atomic mass is 10.0. The van der Waals surface area contributed by atoms with Gasteiger partial charge in [-0.05, 0) is 35.0 Å². The van der Waals surface area contributed by atoms with Gasteiger partial charge in [-0.1, -0.05) is 60.7 Å². The van der Waals surface area contributed by atoms with E-state index in [0.717, 1.165) is 49.7 Å². The van der Waals surface area contributed by atoms with Crippen molar-refractivity contribution in [3.63, 3.8) is 0 Å². The number of aromatic nitrogens is 4.